The van der Waals surface area contributed by atoms with Gasteiger partial charge in [0.2, 0.25) is 0 Å². The minimum Gasteiger partial charge on any atom is -0.480 e. The summed E-state index contributed by atoms with van der Waals surface area (Å²) in [5.41, 5.74) is -1.66. The lowest BCUT2D eigenvalue weighted by atomic mass is 10.1. The van der Waals surface area contributed by atoms with Crippen LogP contribution in [0.3, 0.4) is 0 Å². The quantitative estimate of drug-likeness (QED) is 0.856. The van der Waals surface area contributed by atoms with Crippen molar-refractivity contribution >= 4 is 17.9 Å². The second kappa shape index (κ2) is 7.00. The van der Waals surface area contributed by atoms with Gasteiger partial charge in [-0.25, -0.2) is 14.6 Å². The summed E-state index contributed by atoms with van der Waals surface area (Å²) in [6.45, 7) is 4.90. The first-order valence-corrected chi connectivity index (χ1v) is 7.89. The lowest BCUT2D eigenvalue weighted by Crippen LogP contribution is -2.59. The highest BCUT2D eigenvalue weighted by molar-refractivity contribution is 5.81. The number of amides is 1. The predicted molar refractivity (Wildman–Crippen MR) is 85.8 cm³/mol. The van der Waals surface area contributed by atoms with Crippen LogP contribution in [0.4, 0.5) is 23.8 Å². The van der Waals surface area contributed by atoms with E-state index in [-0.39, 0.29) is 25.5 Å². The number of piperazine rings is 1. The number of halogens is 3. The van der Waals surface area contributed by atoms with E-state index < -0.39 is 35.4 Å². The maximum absolute atomic E-state index is 12.9. The van der Waals surface area contributed by atoms with Crippen LogP contribution in [-0.4, -0.2) is 58.3 Å². The summed E-state index contributed by atoms with van der Waals surface area (Å²) in [6.07, 6.45) is -4.28. The van der Waals surface area contributed by atoms with Crippen molar-refractivity contribution < 1.29 is 32.6 Å². The first-order valence-electron chi connectivity index (χ1n) is 7.89. The van der Waals surface area contributed by atoms with Crippen LogP contribution in [0.5, 0.6) is 0 Å². The van der Waals surface area contributed by atoms with Gasteiger partial charge in [0.1, 0.15) is 17.5 Å². The summed E-state index contributed by atoms with van der Waals surface area (Å²) >= 11 is 0. The smallest absolute Gasteiger partial charge is 0.416 e. The normalized spacial score (nSPS) is 18.6. The molecule has 144 valence electrons. The van der Waals surface area contributed by atoms with Gasteiger partial charge in [0.15, 0.2) is 0 Å². The summed E-state index contributed by atoms with van der Waals surface area (Å²) in [7, 11) is 0. The van der Waals surface area contributed by atoms with Gasteiger partial charge in [-0.2, -0.15) is 13.2 Å². The molecule has 2 rings (SSSR count). The molecule has 1 aliphatic rings. The molecule has 0 unspecified atom stereocenters. The molecular formula is C16H20F3N3O4. The van der Waals surface area contributed by atoms with Crippen LogP contribution in [-0.2, 0) is 15.7 Å². The Morgan fingerprint density at radius 1 is 1.27 bits per heavy atom. The molecule has 2 heterocycles. The second-order valence-electron chi connectivity index (χ2n) is 6.87. The zero-order valence-corrected chi connectivity index (χ0v) is 14.6. The molecular weight excluding hydrogens is 355 g/mol. The van der Waals surface area contributed by atoms with E-state index in [1.54, 1.807) is 20.8 Å². The summed E-state index contributed by atoms with van der Waals surface area (Å²) in [4.78, 5) is 30.2. The van der Waals surface area contributed by atoms with Crippen LogP contribution in [0.15, 0.2) is 18.3 Å². The number of carbonyl (C=O) groups excluding carboxylic acids is 1. The third-order valence-electron chi connectivity index (χ3n) is 3.69. The number of anilines is 1. The van der Waals surface area contributed by atoms with Crippen molar-refractivity contribution in [1.29, 1.82) is 0 Å². The number of hydrogen-bond donors (Lipinski definition) is 1. The maximum Gasteiger partial charge on any atom is 0.416 e. The van der Waals surface area contributed by atoms with E-state index in [2.05, 4.69) is 4.98 Å². The summed E-state index contributed by atoms with van der Waals surface area (Å²) in [6, 6.07) is 0.451. The lowest BCUT2D eigenvalue weighted by Gasteiger charge is -2.40. The maximum atomic E-state index is 12.9. The van der Waals surface area contributed by atoms with Gasteiger partial charge < -0.3 is 14.7 Å². The molecule has 1 amide bonds. The molecule has 1 saturated heterocycles. The van der Waals surface area contributed by atoms with Crippen molar-refractivity contribution in [3.8, 4) is 0 Å². The summed E-state index contributed by atoms with van der Waals surface area (Å²) in [5, 5.41) is 9.43. The van der Waals surface area contributed by atoms with Gasteiger partial charge in [0.05, 0.1) is 12.1 Å². The van der Waals surface area contributed by atoms with E-state index in [9.17, 15) is 27.9 Å². The minimum atomic E-state index is -4.53. The van der Waals surface area contributed by atoms with Crippen molar-refractivity contribution in [3.05, 3.63) is 23.9 Å². The standard InChI is InChI=1S/C16H20F3N3O4/c1-15(2,3)26-14(25)22-7-6-21(9-11(22)13(23)24)12-8-10(4-5-20-12)16(17,18)19/h4-5,8,11H,6-7,9H2,1-3H3,(H,23,24)/t11-/m0/s1. The predicted octanol–water partition coefficient (Wildman–Crippen LogP) is 2.61. The highest BCUT2D eigenvalue weighted by Crippen LogP contribution is 2.31. The van der Waals surface area contributed by atoms with E-state index >= 15 is 0 Å². The minimum absolute atomic E-state index is 0.00918. The summed E-state index contributed by atoms with van der Waals surface area (Å²) < 4.78 is 43.8. The topological polar surface area (TPSA) is 83.0 Å². The van der Waals surface area contributed by atoms with Crippen LogP contribution in [0.1, 0.15) is 26.3 Å². The van der Waals surface area contributed by atoms with Crippen LogP contribution in [0.2, 0.25) is 0 Å². The molecule has 1 N–H and O–H groups in total. The van der Waals surface area contributed by atoms with Gasteiger partial charge in [0.25, 0.3) is 0 Å². The number of rotatable bonds is 2. The number of carboxylic acid groups (broad SMARTS) is 1. The molecule has 1 aromatic rings. The average Bonchev–Trinajstić information content (AvgIpc) is 2.52. The molecule has 0 radical (unpaired) electrons. The summed E-state index contributed by atoms with van der Waals surface area (Å²) in [5.74, 6) is -1.26. The van der Waals surface area contributed by atoms with Gasteiger partial charge in [-0.1, -0.05) is 0 Å². The number of aromatic nitrogens is 1. The Balaban J connectivity index is 2.20. The first kappa shape index (κ1) is 19.8. The highest BCUT2D eigenvalue weighted by Gasteiger charge is 2.38. The average molecular weight is 375 g/mol. The number of aliphatic carboxylic acids is 1. The fourth-order valence-electron chi connectivity index (χ4n) is 2.51. The monoisotopic (exact) mass is 375 g/mol. The van der Waals surface area contributed by atoms with Crippen LogP contribution >= 0.6 is 0 Å². The molecule has 7 nitrogen and oxygen atoms in total. The van der Waals surface area contributed by atoms with Gasteiger partial charge in [-0.3, -0.25) is 4.90 Å². The molecule has 10 heteroatoms. The van der Waals surface area contributed by atoms with Gasteiger partial charge in [-0.15, -0.1) is 0 Å². The largest absolute Gasteiger partial charge is 0.480 e. The molecule has 1 fully saturated rings. The number of carbonyl (C=O) groups is 2. The van der Waals surface area contributed by atoms with Gasteiger partial charge >= 0.3 is 18.2 Å². The number of carboxylic acids is 1. The number of nitrogens with zero attached hydrogens (tertiary/aromatic N) is 3. The fraction of sp³-hybridized carbons (Fsp3) is 0.562. The molecule has 1 atom stereocenters. The first-order chi connectivity index (χ1) is 11.9. The van der Waals surface area contributed by atoms with Crippen LogP contribution in [0, 0.1) is 0 Å². The molecule has 0 bridgehead atoms. The zero-order chi connectivity index (χ0) is 19.7. The fourth-order valence-corrected chi connectivity index (χ4v) is 2.51. The van der Waals surface area contributed by atoms with Crippen molar-refractivity contribution in [2.45, 2.75) is 38.6 Å². The van der Waals surface area contributed by atoms with Crippen molar-refractivity contribution in [3.63, 3.8) is 0 Å². The van der Waals surface area contributed by atoms with Crippen molar-refractivity contribution in [2.75, 3.05) is 24.5 Å². The number of pyridine rings is 1. The Morgan fingerprint density at radius 2 is 1.92 bits per heavy atom. The Kier molecular flexibility index (Phi) is 5.33. The Morgan fingerprint density at radius 3 is 2.46 bits per heavy atom. The molecule has 1 aromatic heterocycles. The Labute approximate surface area is 148 Å². The third-order valence-corrected chi connectivity index (χ3v) is 3.69. The molecule has 26 heavy (non-hydrogen) atoms. The number of ether oxygens (including phenoxy) is 1. The number of hydrogen-bond acceptors (Lipinski definition) is 5. The molecule has 1 aliphatic heterocycles. The Bertz CT molecular complexity index is 688. The Hall–Kier alpha value is -2.52. The SMILES string of the molecule is CC(C)(C)OC(=O)N1CCN(c2cc(C(F)(F)F)ccn2)C[C@H]1C(=O)O. The zero-order valence-electron chi connectivity index (χ0n) is 14.6. The van der Waals surface area contributed by atoms with Crippen molar-refractivity contribution in [2.24, 2.45) is 0 Å². The molecule has 0 aliphatic carbocycles. The highest BCUT2D eigenvalue weighted by atomic mass is 19.4. The molecule has 0 saturated carbocycles. The number of alkyl halides is 3. The molecule has 0 spiro atoms. The van der Waals surface area contributed by atoms with E-state index in [1.165, 1.54) is 4.90 Å². The van der Waals surface area contributed by atoms with E-state index in [0.29, 0.717) is 0 Å². The third kappa shape index (κ3) is 4.77. The second-order valence-corrected chi connectivity index (χ2v) is 6.87. The van der Waals surface area contributed by atoms with Crippen LogP contribution < -0.4 is 4.90 Å². The van der Waals surface area contributed by atoms with Crippen LogP contribution in [0.25, 0.3) is 0 Å². The van der Waals surface area contributed by atoms with Crippen molar-refractivity contribution in [1.82, 2.24) is 9.88 Å². The van der Waals surface area contributed by atoms with E-state index in [4.69, 9.17) is 4.74 Å². The lowest BCUT2D eigenvalue weighted by molar-refractivity contribution is -0.143. The molecule has 0 aromatic carbocycles. The van der Waals surface area contributed by atoms with Gasteiger partial charge in [0, 0.05) is 19.3 Å². The van der Waals surface area contributed by atoms with E-state index in [0.717, 1.165) is 23.2 Å². The van der Waals surface area contributed by atoms with Gasteiger partial charge in [-0.05, 0) is 32.9 Å². The van der Waals surface area contributed by atoms with E-state index in [1.807, 2.05) is 0 Å².